The third kappa shape index (κ3) is 3.93. The third-order valence-corrected chi connectivity index (χ3v) is 3.65. The van der Waals surface area contributed by atoms with E-state index in [9.17, 15) is 4.79 Å². The standard InChI is InChI=1S/C11H16ClNOS/c1-8(14)4-5-9(13(2)3)10-6-7-11(12)15-10/h6-7,9H,4-5H2,1-3H3. The number of ketones is 1. The van der Waals surface area contributed by atoms with Crippen LogP contribution in [0, 0.1) is 0 Å². The Kier molecular flexibility index (Phi) is 4.77. The van der Waals surface area contributed by atoms with Gasteiger partial charge in [0.25, 0.3) is 0 Å². The lowest BCUT2D eigenvalue weighted by atomic mass is 10.1. The van der Waals surface area contributed by atoms with Crippen molar-refractivity contribution in [2.45, 2.75) is 25.8 Å². The van der Waals surface area contributed by atoms with Crippen LogP contribution in [0.1, 0.15) is 30.7 Å². The van der Waals surface area contributed by atoms with E-state index in [1.54, 1.807) is 18.3 Å². The fourth-order valence-corrected chi connectivity index (χ4v) is 2.79. The molecule has 0 saturated carbocycles. The van der Waals surface area contributed by atoms with Crippen LogP contribution in [0.2, 0.25) is 4.34 Å². The molecule has 0 radical (unpaired) electrons. The van der Waals surface area contributed by atoms with Crippen LogP contribution in [0.5, 0.6) is 0 Å². The molecule has 0 spiro atoms. The van der Waals surface area contributed by atoms with Crippen LogP contribution >= 0.6 is 22.9 Å². The van der Waals surface area contributed by atoms with Gasteiger partial charge in [0.1, 0.15) is 5.78 Å². The van der Waals surface area contributed by atoms with Gasteiger partial charge in [0.2, 0.25) is 0 Å². The molecule has 1 aromatic heterocycles. The van der Waals surface area contributed by atoms with Crippen LogP contribution in [0.3, 0.4) is 0 Å². The molecule has 0 aromatic carbocycles. The van der Waals surface area contributed by atoms with Gasteiger partial charge in [-0.3, -0.25) is 0 Å². The predicted molar refractivity (Wildman–Crippen MR) is 65.7 cm³/mol. The fraction of sp³-hybridized carbons (Fsp3) is 0.545. The van der Waals surface area contributed by atoms with Gasteiger partial charge in [0.15, 0.2) is 0 Å². The van der Waals surface area contributed by atoms with Gasteiger partial charge in [0, 0.05) is 17.3 Å². The molecular weight excluding hydrogens is 230 g/mol. The van der Waals surface area contributed by atoms with Crippen molar-refractivity contribution in [2.24, 2.45) is 0 Å². The summed E-state index contributed by atoms with van der Waals surface area (Å²) in [4.78, 5) is 14.3. The predicted octanol–water partition coefficient (Wildman–Crippen LogP) is 3.37. The van der Waals surface area contributed by atoms with Crippen molar-refractivity contribution in [3.63, 3.8) is 0 Å². The second-order valence-corrected chi connectivity index (χ2v) is 5.61. The number of thiophene rings is 1. The lowest BCUT2D eigenvalue weighted by Crippen LogP contribution is -2.19. The van der Waals surface area contributed by atoms with Crippen molar-refractivity contribution in [2.75, 3.05) is 14.1 Å². The largest absolute Gasteiger partial charge is 0.302 e. The zero-order valence-corrected chi connectivity index (χ0v) is 10.9. The zero-order valence-electron chi connectivity index (χ0n) is 9.29. The first-order valence-electron chi connectivity index (χ1n) is 4.92. The molecule has 84 valence electrons. The first-order valence-corrected chi connectivity index (χ1v) is 6.11. The minimum atomic E-state index is 0.240. The Morgan fingerprint density at radius 2 is 2.20 bits per heavy atom. The molecule has 1 aromatic rings. The summed E-state index contributed by atoms with van der Waals surface area (Å²) in [5.41, 5.74) is 0. The smallest absolute Gasteiger partial charge is 0.129 e. The van der Waals surface area contributed by atoms with Crippen LogP contribution in [0.4, 0.5) is 0 Å². The summed E-state index contributed by atoms with van der Waals surface area (Å²) in [6.45, 7) is 1.63. The number of rotatable bonds is 5. The summed E-state index contributed by atoms with van der Waals surface area (Å²) >= 11 is 7.49. The summed E-state index contributed by atoms with van der Waals surface area (Å²) < 4.78 is 0.805. The molecule has 0 aliphatic rings. The number of nitrogens with zero attached hydrogens (tertiary/aromatic N) is 1. The third-order valence-electron chi connectivity index (χ3n) is 2.32. The quantitative estimate of drug-likeness (QED) is 0.793. The highest BCUT2D eigenvalue weighted by molar-refractivity contribution is 7.16. The maximum atomic E-state index is 11.0. The Balaban J connectivity index is 2.70. The average Bonchev–Trinajstić information content (AvgIpc) is 2.51. The number of carbonyl (C=O) groups is 1. The Hall–Kier alpha value is -0.380. The van der Waals surface area contributed by atoms with Crippen molar-refractivity contribution in [1.82, 2.24) is 4.90 Å². The SMILES string of the molecule is CC(=O)CCC(c1ccc(Cl)s1)N(C)C. The lowest BCUT2D eigenvalue weighted by Gasteiger charge is -2.22. The molecule has 0 aliphatic heterocycles. The number of hydrogen-bond donors (Lipinski definition) is 0. The Bertz CT molecular complexity index is 335. The highest BCUT2D eigenvalue weighted by atomic mass is 35.5. The van der Waals surface area contributed by atoms with E-state index < -0.39 is 0 Å². The molecular formula is C11H16ClNOS. The van der Waals surface area contributed by atoms with E-state index in [1.807, 2.05) is 26.2 Å². The summed E-state index contributed by atoms with van der Waals surface area (Å²) in [5.74, 6) is 0.240. The number of hydrogen-bond acceptors (Lipinski definition) is 3. The Morgan fingerprint density at radius 3 is 2.60 bits per heavy atom. The molecule has 0 amide bonds. The van der Waals surface area contributed by atoms with Gasteiger partial charge in [-0.1, -0.05) is 11.6 Å². The second-order valence-electron chi connectivity index (χ2n) is 3.86. The Morgan fingerprint density at radius 1 is 1.53 bits per heavy atom. The van der Waals surface area contributed by atoms with E-state index in [-0.39, 0.29) is 5.78 Å². The first kappa shape index (κ1) is 12.7. The highest BCUT2D eigenvalue weighted by Crippen LogP contribution is 2.32. The van der Waals surface area contributed by atoms with Crippen molar-refractivity contribution in [3.8, 4) is 0 Å². The normalized spacial score (nSPS) is 13.1. The molecule has 2 nitrogen and oxygen atoms in total. The summed E-state index contributed by atoms with van der Waals surface area (Å²) in [6, 6.07) is 4.25. The van der Waals surface area contributed by atoms with Gasteiger partial charge in [0.05, 0.1) is 4.34 Å². The summed E-state index contributed by atoms with van der Waals surface area (Å²) in [7, 11) is 4.05. The molecule has 15 heavy (non-hydrogen) atoms. The van der Waals surface area contributed by atoms with Crippen LogP contribution in [-0.4, -0.2) is 24.8 Å². The fourth-order valence-electron chi connectivity index (χ4n) is 1.50. The second kappa shape index (κ2) is 5.64. The van der Waals surface area contributed by atoms with E-state index in [4.69, 9.17) is 11.6 Å². The monoisotopic (exact) mass is 245 g/mol. The van der Waals surface area contributed by atoms with Gasteiger partial charge in [-0.2, -0.15) is 0 Å². The molecule has 1 atom stereocenters. The van der Waals surface area contributed by atoms with E-state index in [0.29, 0.717) is 12.5 Å². The van der Waals surface area contributed by atoms with E-state index >= 15 is 0 Å². The van der Waals surface area contributed by atoms with Crippen molar-refractivity contribution >= 4 is 28.7 Å². The van der Waals surface area contributed by atoms with Gasteiger partial charge in [-0.05, 0) is 39.6 Å². The van der Waals surface area contributed by atoms with E-state index in [2.05, 4.69) is 4.90 Å². The van der Waals surface area contributed by atoms with E-state index in [0.717, 1.165) is 10.8 Å². The molecule has 0 fully saturated rings. The van der Waals surface area contributed by atoms with Gasteiger partial charge in [-0.25, -0.2) is 0 Å². The average molecular weight is 246 g/mol. The van der Waals surface area contributed by atoms with Crippen LogP contribution in [0.25, 0.3) is 0 Å². The van der Waals surface area contributed by atoms with Crippen LogP contribution in [-0.2, 0) is 4.79 Å². The maximum Gasteiger partial charge on any atom is 0.129 e. The number of halogens is 1. The van der Waals surface area contributed by atoms with Crippen molar-refractivity contribution in [1.29, 1.82) is 0 Å². The molecule has 0 N–H and O–H groups in total. The first-order chi connectivity index (χ1) is 7.00. The maximum absolute atomic E-state index is 11.0. The molecule has 1 heterocycles. The highest BCUT2D eigenvalue weighted by Gasteiger charge is 2.16. The molecule has 1 rings (SSSR count). The zero-order chi connectivity index (χ0) is 11.4. The number of Topliss-reactive ketones (excluding diaryl/α,β-unsaturated/α-hetero) is 1. The van der Waals surface area contributed by atoms with Crippen molar-refractivity contribution < 1.29 is 4.79 Å². The molecule has 1 unspecified atom stereocenters. The van der Waals surface area contributed by atoms with E-state index in [1.165, 1.54) is 4.88 Å². The van der Waals surface area contributed by atoms with Gasteiger partial charge >= 0.3 is 0 Å². The molecule has 0 saturated heterocycles. The summed E-state index contributed by atoms with van der Waals surface area (Å²) in [6.07, 6.45) is 1.48. The minimum Gasteiger partial charge on any atom is -0.302 e. The summed E-state index contributed by atoms with van der Waals surface area (Å²) in [5, 5.41) is 0. The van der Waals surface area contributed by atoms with Gasteiger partial charge < -0.3 is 9.69 Å². The van der Waals surface area contributed by atoms with Gasteiger partial charge in [-0.15, -0.1) is 11.3 Å². The van der Waals surface area contributed by atoms with Crippen LogP contribution in [0.15, 0.2) is 12.1 Å². The van der Waals surface area contributed by atoms with Crippen molar-refractivity contribution in [3.05, 3.63) is 21.3 Å². The topological polar surface area (TPSA) is 20.3 Å². The minimum absolute atomic E-state index is 0.240. The Labute approximate surface area is 99.9 Å². The molecule has 0 aliphatic carbocycles. The molecule has 0 bridgehead atoms. The number of carbonyl (C=O) groups excluding carboxylic acids is 1. The van der Waals surface area contributed by atoms with Crippen LogP contribution < -0.4 is 0 Å². The molecule has 4 heteroatoms. The lowest BCUT2D eigenvalue weighted by molar-refractivity contribution is -0.117.